The highest BCUT2D eigenvalue weighted by molar-refractivity contribution is 6.05. The molecule has 0 spiro atoms. The minimum atomic E-state index is -0.210. The van der Waals surface area contributed by atoms with Gasteiger partial charge in [0.25, 0.3) is 5.91 Å². The Kier molecular flexibility index (Phi) is 5.62. The number of pyridine rings is 1. The molecular formula is C15H21N5O2. The van der Waals surface area contributed by atoms with E-state index in [0.29, 0.717) is 36.8 Å². The zero-order valence-corrected chi connectivity index (χ0v) is 12.7. The number of nitrogens with two attached hydrogens (primary N) is 2. The Balaban J connectivity index is 2.28. The predicted molar refractivity (Wildman–Crippen MR) is 85.1 cm³/mol. The first-order valence-corrected chi connectivity index (χ1v) is 7.28. The molecule has 0 unspecified atom stereocenters. The van der Waals surface area contributed by atoms with Crippen LogP contribution in [0, 0.1) is 0 Å². The summed E-state index contributed by atoms with van der Waals surface area (Å²) in [5.74, 6) is 0.166. The number of hydrogen-bond acceptors (Lipinski definition) is 6. The quantitative estimate of drug-likeness (QED) is 0.762. The van der Waals surface area contributed by atoms with E-state index >= 15 is 0 Å². The van der Waals surface area contributed by atoms with Crippen LogP contribution in [0.4, 0.5) is 5.69 Å². The lowest BCUT2D eigenvalue weighted by atomic mass is 10.1. The van der Waals surface area contributed by atoms with Crippen molar-refractivity contribution in [2.45, 2.75) is 19.8 Å². The van der Waals surface area contributed by atoms with Gasteiger partial charge in [-0.05, 0) is 18.6 Å². The summed E-state index contributed by atoms with van der Waals surface area (Å²) in [6, 6.07) is 1.80. The second kappa shape index (κ2) is 7.67. The van der Waals surface area contributed by atoms with Crippen LogP contribution in [0.3, 0.4) is 0 Å². The predicted octanol–water partition coefficient (Wildman–Crippen LogP) is 0.986. The highest BCUT2D eigenvalue weighted by Crippen LogP contribution is 2.25. The van der Waals surface area contributed by atoms with E-state index in [4.69, 9.17) is 16.3 Å². The maximum absolute atomic E-state index is 12.7. The highest BCUT2D eigenvalue weighted by Gasteiger charge is 2.21. The molecule has 1 aliphatic rings. The van der Waals surface area contributed by atoms with Crippen molar-refractivity contribution in [2.24, 2.45) is 16.5 Å². The molecule has 0 radical (unpaired) electrons. The van der Waals surface area contributed by atoms with Gasteiger partial charge in [-0.3, -0.25) is 14.6 Å². The van der Waals surface area contributed by atoms with Crippen LogP contribution in [-0.2, 0) is 9.63 Å². The first-order chi connectivity index (χ1) is 10.7. The Morgan fingerprint density at radius 1 is 1.50 bits per heavy atom. The molecule has 4 N–H and O–H groups in total. The minimum absolute atomic E-state index is 0.210. The van der Waals surface area contributed by atoms with Gasteiger partial charge < -0.3 is 11.5 Å². The molecule has 1 aliphatic heterocycles. The number of amides is 1. The van der Waals surface area contributed by atoms with Crippen LogP contribution < -0.4 is 11.5 Å². The average molecular weight is 303 g/mol. The monoisotopic (exact) mass is 303 g/mol. The number of amidine groups is 1. The topological polar surface area (TPSA) is 107 Å². The lowest BCUT2D eigenvalue weighted by Gasteiger charge is -2.22. The molecule has 0 saturated carbocycles. The summed E-state index contributed by atoms with van der Waals surface area (Å²) in [6.07, 6.45) is 6.13. The second-order valence-corrected chi connectivity index (χ2v) is 4.91. The van der Waals surface area contributed by atoms with Crippen molar-refractivity contribution >= 4 is 23.5 Å². The van der Waals surface area contributed by atoms with Crippen LogP contribution >= 0.6 is 0 Å². The van der Waals surface area contributed by atoms with Gasteiger partial charge in [-0.2, -0.15) is 0 Å². The van der Waals surface area contributed by atoms with Crippen molar-refractivity contribution in [3.8, 4) is 0 Å². The molecule has 0 aliphatic carbocycles. The molecule has 118 valence electrons. The second-order valence-electron chi connectivity index (χ2n) is 4.91. The van der Waals surface area contributed by atoms with E-state index in [1.165, 1.54) is 5.06 Å². The van der Waals surface area contributed by atoms with Gasteiger partial charge in [0.2, 0.25) is 0 Å². The zero-order valence-electron chi connectivity index (χ0n) is 12.7. The number of fused-ring (bicyclic) bond motifs is 1. The smallest absolute Gasteiger partial charge is 0.273 e. The van der Waals surface area contributed by atoms with Gasteiger partial charge in [0.05, 0.1) is 18.5 Å². The van der Waals surface area contributed by atoms with Crippen molar-refractivity contribution in [1.82, 2.24) is 10.0 Å². The molecule has 0 bridgehead atoms. The Morgan fingerprint density at radius 2 is 2.32 bits per heavy atom. The molecule has 1 amide bonds. The zero-order chi connectivity index (χ0) is 15.9. The number of hydroxylamine groups is 2. The van der Waals surface area contributed by atoms with Gasteiger partial charge in [0, 0.05) is 36.8 Å². The maximum atomic E-state index is 12.7. The summed E-state index contributed by atoms with van der Waals surface area (Å²) in [7, 11) is 0. The molecule has 7 heteroatoms. The highest BCUT2D eigenvalue weighted by atomic mass is 16.7. The molecule has 1 aromatic heterocycles. The van der Waals surface area contributed by atoms with Crippen molar-refractivity contribution in [2.75, 3.05) is 19.7 Å². The third kappa shape index (κ3) is 3.90. The summed E-state index contributed by atoms with van der Waals surface area (Å²) in [5.41, 5.74) is 13.4. The Hall–Kier alpha value is -2.25. The molecule has 2 heterocycles. The first-order valence-electron chi connectivity index (χ1n) is 7.28. The summed E-state index contributed by atoms with van der Waals surface area (Å²) >= 11 is 0. The fraction of sp³-hybridized carbons (Fsp3) is 0.400. The van der Waals surface area contributed by atoms with E-state index in [-0.39, 0.29) is 12.3 Å². The maximum Gasteiger partial charge on any atom is 0.273 e. The minimum Gasteiger partial charge on any atom is -0.387 e. The number of carbonyl (C=O) groups is 1. The standard InChI is InChI=1S/C15H21N5O2/c1-2-6-20(22-7-4-16)15(21)12-8-11-3-5-18-10-13(11)19-14(17)9-12/h3,5,8,10H,2,4,6-7,9,16H2,1H3,(H2,17,19). The molecule has 0 aromatic carbocycles. The molecular weight excluding hydrogens is 282 g/mol. The molecule has 22 heavy (non-hydrogen) atoms. The summed E-state index contributed by atoms with van der Waals surface area (Å²) < 4.78 is 0. The van der Waals surface area contributed by atoms with E-state index < -0.39 is 0 Å². The number of rotatable bonds is 6. The SMILES string of the molecule is CCCN(OCCN)C(=O)C1=Cc2ccncc2N=C(N)C1. The molecule has 7 nitrogen and oxygen atoms in total. The van der Waals surface area contributed by atoms with Gasteiger partial charge in [-0.25, -0.2) is 10.1 Å². The van der Waals surface area contributed by atoms with E-state index in [0.717, 1.165) is 12.0 Å². The van der Waals surface area contributed by atoms with Crippen LogP contribution in [0.5, 0.6) is 0 Å². The molecule has 2 rings (SSSR count). The fourth-order valence-corrected chi connectivity index (χ4v) is 2.13. The Bertz CT molecular complexity index is 597. The molecule has 0 fully saturated rings. The largest absolute Gasteiger partial charge is 0.387 e. The number of nitrogens with zero attached hydrogens (tertiary/aromatic N) is 3. The fourth-order valence-electron chi connectivity index (χ4n) is 2.13. The van der Waals surface area contributed by atoms with Gasteiger partial charge >= 0.3 is 0 Å². The van der Waals surface area contributed by atoms with Crippen molar-refractivity contribution in [3.63, 3.8) is 0 Å². The van der Waals surface area contributed by atoms with Crippen molar-refractivity contribution < 1.29 is 9.63 Å². The van der Waals surface area contributed by atoms with Gasteiger partial charge in [0.15, 0.2) is 0 Å². The lowest BCUT2D eigenvalue weighted by Crippen LogP contribution is -2.35. The van der Waals surface area contributed by atoms with Crippen LogP contribution in [0.1, 0.15) is 25.3 Å². The first kappa shape index (κ1) is 16.1. The summed E-state index contributed by atoms with van der Waals surface area (Å²) in [5, 5.41) is 1.35. The van der Waals surface area contributed by atoms with E-state index in [2.05, 4.69) is 9.98 Å². The molecule has 0 atom stereocenters. The third-order valence-electron chi connectivity index (χ3n) is 3.09. The Morgan fingerprint density at radius 3 is 3.05 bits per heavy atom. The normalized spacial score (nSPS) is 13.7. The molecule has 0 saturated heterocycles. The lowest BCUT2D eigenvalue weighted by molar-refractivity contribution is -0.181. The van der Waals surface area contributed by atoms with Crippen molar-refractivity contribution in [3.05, 3.63) is 29.6 Å². The van der Waals surface area contributed by atoms with E-state index in [1.807, 2.05) is 6.92 Å². The number of aromatic nitrogens is 1. The summed E-state index contributed by atoms with van der Waals surface area (Å²) in [6.45, 7) is 3.12. The van der Waals surface area contributed by atoms with Crippen LogP contribution in [0.2, 0.25) is 0 Å². The Labute approximate surface area is 129 Å². The number of carbonyl (C=O) groups excluding carboxylic acids is 1. The summed E-state index contributed by atoms with van der Waals surface area (Å²) in [4.78, 5) is 26.4. The van der Waals surface area contributed by atoms with Gasteiger partial charge in [0.1, 0.15) is 5.84 Å². The number of aliphatic imine (C=N–C) groups is 1. The average Bonchev–Trinajstić information content (AvgIpc) is 2.68. The molecule has 1 aromatic rings. The van der Waals surface area contributed by atoms with Crippen LogP contribution in [0.15, 0.2) is 29.0 Å². The van der Waals surface area contributed by atoms with E-state index in [9.17, 15) is 4.79 Å². The van der Waals surface area contributed by atoms with Crippen LogP contribution in [0.25, 0.3) is 6.08 Å². The third-order valence-corrected chi connectivity index (χ3v) is 3.09. The number of hydrogen-bond donors (Lipinski definition) is 2. The van der Waals surface area contributed by atoms with E-state index in [1.54, 1.807) is 24.5 Å². The van der Waals surface area contributed by atoms with Crippen LogP contribution in [-0.4, -0.2) is 41.5 Å². The van der Waals surface area contributed by atoms with Gasteiger partial charge in [-0.1, -0.05) is 6.92 Å². The van der Waals surface area contributed by atoms with Crippen molar-refractivity contribution in [1.29, 1.82) is 0 Å². The van der Waals surface area contributed by atoms with Gasteiger partial charge in [-0.15, -0.1) is 0 Å².